The number of sulfonamides is 1. The van der Waals surface area contributed by atoms with E-state index in [0.717, 1.165) is 12.8 Å². The van der Waals surface area contributed by atoms with Gasteiger partial charge in [-0.3, -0.25) is 4.79 Å². The van der Waals surface area contributed by atoms with Crippen LogP contribution in [0.25, 0.3) is 0 Å². The van der Waals surface area contributed by atoms with Crippen molar-refractivity contribution in [2.75, 3.05) is 26.7 Å². The van der Waals surface area contributed by atoms with Crippen LogP contribution in [0, 0.1) is 5.92 Å². The number of nitrogens with zero attached hydrogens (tertiary/aromatic N) is 1. The number of amides is 1. The van der Waals surface area contributed by atoms with Crippen molar-refractivity contribution in [1.82, 2.24) is 9.62 Å². The van der Waals surface area contributed by atoms with Gasteiger partial charge >= 0.3 is 0 Å². The number of hydrogen-bond donors (Lipinski definition) is 1. The molecule has 1 saturated heterocycles. The second kappa shape index (κ2) is 7.92. The van der Waals surface area contributed by atoms with E-state index in [-0.39, 0.29) is 16.7 Å². The van der Waals surface area contributed by atoms with Gasteiger partial charge in [0.2, 0.25) is 10.0 Å². The number of carbonyl (C=O) groups is 1. The maximum absolute atomic E-state index is 12.4. The number of piperidine rings is 1. The lowest BCUT2D eigenvalue weighted by molar-refractivity contribution is 0.0691. The second-order valence-electron chi connectivity index (χ2n) is 6.28. The third-order valence-electron chi connectivity index (χ3n) is 4.58. The standard InChI is InChI=1S/C18H22N2O5S/c1-24-16-3-2-4-17(11-16)26(22,23)19-12-14-5-8-20(9-6-14)18(21)15-7-10-25-13-15/h2-4,7,10-11,13-14,19H,5-6,8-9,12H2,1H3. The van der Waals surface area contributed by atoms with Gasteiger partial charge in [0.05, 0.1) is 23.8 Å². The first-order chi connectivity index (χ1) is 12.5. The molecule has 1 aromatic heterocycles. The summed E-state index contributed by atoms with van der Waals surface area (Å²) in [4.78, 5) is 14.2. The average Bonchev–Trinajstić information content (AvgIpc) is 3.21. The second-order valence-corrected chi connectivity index (χ2v) is 8.05. The molecule has 2 aromatic rings. The molecule has 1 aliphatic heterocycles. The van der Waals surface area contributed by atoms with Crippen LogP contribution >= 0.6 is 0 Å². The zero-order valence-corrected chi connectivity index (χ0v) is 15.4. The third kappa shape index (κ3) is 4.25. The van der Waals surface area contributed by atoms with Crippen molar-refractivity contribution >= 4 is 15.9 Å². The highest BCUT2D eigenvalue weighted by Gasteiger charge is 2.25. The summed E-state index contributed by atoms with van der Waals surface area (Å²) in [5.41, 5.74) is 0.544. The molecule has 0 unspecified atom stereocenters. The smallest absolute Gasteiger partial charge is 0.257 e. The predicted octanol–water partition coefficient (Wildman–Crippen LogP) is 2.12. The van der Waals surface area contributed by atoms with Crippen LogP contribution < -0.4 is 9.46 Å². The zero-order chi connectivity index (χ0) is 18.6. The molecular formula is C18H22N2O5S. The normalized spacial score (nSPS) is 15.8. The van der Waals surface area contributed by atoms with Crippen LogP contribution in [0.3, 0.4) is 0 Å². The van der Waals surface area contributed by atoms with Crippen molar-refractivity contribution in [3.05, 3.63) is 48.4 Å². The molecule has 1 N–H and O–H groups in total. The number of rotatable bonds is 6. The van der Waals surface area contributed by atoms with E-state index in [2.05, 4.69) is 4.72 Å². The Morgan fingerprint density at radius 1 is 1.31 bits per heavy atom. The fraction of sp³-hybridized carbons (Fsp3) is 0.389. The molecule has 0 aliphatic carbocycles. The van der Waals surface area contributed by atoms with E-state index in [9.17, 15) is 13.2 Å². The molecule has 0 atom stereocenters. The molecule has 0 spiro atoms. The minimum Gasteiger partial charge on any atom is -0.497 e. The molecule has 0 bridgehead atoms. The molecule has 1 fully saturated rings. The summed E-state index contributed by atoms with van der Waals surface area (Å²) in [7, 11) is -2.08. The van der Waals surface area contributed by atoms with Crippen LogP contribution in [0.1, 0.15) is 23.2 Å². The van der Waals surface area contributed by atoms with Crippen molar-refractivity contribution in [2.24, 2.45) is 5.92 Å². The van der Waals surface area contributed by atoms with Crippen molar-refractivity contribution in [2.45, 2.75) is 17.7 Å². The van der Waals surface area contributed by atoms with E-state index < -0.39 is 10.0 Å². The van der Waals surface area contributed by atoms with Gasteiger partial charge in [-0.05, 0) is 37.0 Å². The zero-order valence-electron chi connectivity index (χ0n) is 14.6. The van der Waals surface area contributed by atoms with Gasteiger partial charge in [-0.2, -0.15) is 0 Å². The summed E-state index contributed by atoms with van der Waals surface area (Å²) in [6, 6.07) is 8.03. The maximum Gasteiger partial charge on any atom is 0.257 e. The van der Waals surface area contributed by atoms with E-state index in [1.54, 1.807) is 23.1 Å². The minimum absolute atomic E-state index is 0.0471. The molecule has 140 valence electrons. The Kier molecular flexibility index (Phi) is 5.63. The Hall–Kier alpha value is -2.32. The Morgan fingerprint density at radius 3 is 2.73 bits per heavy atom. The number of ether oxygens (including phenoxy) is 1. The lowest BCUT2D eigenvalue weighted by atomic mass is 9.97. The van der Waals surface area contributed by atoms with Gasteiger partial charge in [-0.1, -0.05) is 6.07 Å². The van der Waals surface area contributed by atoms with Crippen LogP contribution in [-0.4, -0.2) is 46.0 Å². The molecule has 3 rings (SSSR count). The van der Waals surface area contributed by atoms with Gasteiger partial charge in [0.15, 0.2) is 0 Å². The van der Waals surface area contributed by atoms with E-state index in [1.807, 2.05) is 0 Å². The average molecular weight is 378 g/mol. The largest absolute Gasteiger partial charge is 0.497 e. The number of benzene rings is 1. The molecule has 1 amide bonds. The van der Waals surface area contributed by atoms with Gasteiger partial charge in [0.25, 0.3) is 5.91 Å². The lowest BCUT2D eigenvalue weighted by Gasteiger charge is -2.31. The van der Waals surface area contributed by atoms with Crippen LogP contribution in [0.5, 0.6) is 5.75 Å². The third-order valence-corrected chi connectivity index (χ3v) is 6.00. The van der Waals surface area contributed by atoms with Gasteiger partial charge in [0.1, 0.15) is 12.0 Å². The summed E-state index contributed by atoms with van der Waals surface area (Å²) in [6.45, 7) is 1.57. The van der Waals surface area contributed by atoms with Crippen LogP contribution in [0.2, 0.25) is 0 Å². The number of carbonyl (C=O) groups excluding carboxylic acids is 1. The molecule has 0 saturated carbocycles. The first kappa shape index (κ1) is 18.5. The molecule has 2 heterocycles. The summed E-state index contributed by atoms with van der Waals surface area (Å²) in [5, 5.41) is 0. The number of nitrogens with one attached hydrogen (secondary N) is 1. The van der Waals surface area contributed by atoms with Crippen molar-refractivity contribution in [3.8, 4) is 5.75 Å². The van der Waals surface area contributed by atoms with Crippen LogP contribution in [0.4, 0.5) is 0 Å². The summed E-state index contributed by atoms with van der Waals surface area (Å²) in [6.07, 6.45) is 4.43. The molecule has 26 heavy (non-hydrogen) atoms. The van der Waals surface area contributed by atoms with Gasteiger partial charge in [-0.15, -0.1) is 0 Å². The molecule has 8 heteroatoms. The van der Waals surface area contributed by atoms with Gasteiger partial charge in [0, 0.05) is 25.7 Å². The fourth-order valence-corrected chi connectivity index (χ4v) is 4.14. The van der Waals surface area contributed by atoms with E-state index in [4.69, 9.17) is 9.15 Å². The van der Waals surface area contributed by atoms with Crippen LogP contribution in [0.15, 0.2) is 52.2 Å². The van der Waals surface area contributed by atoms with Gasteiger partial charge in [-0.25, -0.2) is 13.1 Å². The lowest BCUT2D eigenvalue weighted by Crippen LogP contribution is -2.41. The SMILES string of the molecule is COc1cccc(S(=O)(=O)NCC2CCN(C(=O)c3ccoc3)CC2)c1. The molecule has 0 radical (unpaired) electrons. The first-order valence-electron chi connectivity index (χ1n) is 8.45. The molecule has 1 aromatic carbocycles. The minimum atomic E-state index is -3.58. The maximum atomic E-state index is 12.4. The van der Waals surface area contributed by atoms with E-state index in [0.29, 0.717) is 30.9 Å². The summed E-state index contributed by atoms with van der Waals surface area (Å²) < 4.78 is 37.5. The summed E-state index contributed by atoms with van der Waals surface area (Å²) >= 11 is 0. The van der Waals surface area contributed by atoms with Gasteiger partial charge < -0.3 is 14.1 Å². The van der Waals surface area contributed by atoms with E-state index in [1.165, 1.54) is 31.8 Å². The van der Waals surface area contributed by atoms with Crippen molar-refractivity contribution in [1.29, 1.82) is 0 Å². The first-order valence-corrected chi connectivity index (χ1v) is 9.93. The Bertz CT molecular complexity index is 840. The summed E-state index contributed by atoms with van der Waals surface area (Å²) in [5.74, 6) is 0.650. The number of methoxy groups -OCH3 is 1. The highest BCUT2D eigenvalue weighted by molar-refractivity contribution is 7.89. The quantitative estimate of drug-likeness (QED) is 0.832. The fourth-order valence-electron chi connectivity index (χ4n) is 2.99. The Labute approximate surface area is 153 Å². The topological polar surface area (TPSA) is 88.9 Å². The number of furan rings is 1. The monoisotopic (exact) mass is 378 g/mol. The Balaban J connectivity index is 1.52. The Morgan fingerprint density at radius 2 is 2.08 bits per heavy atom. The van der Waals surface area contributed by atoms with Crippen molar-refractivity contribution in [3.63, 3.8) is 0 Å². The predicted molar refractivity (Wildman–Crippen MR) is 95.5 cm³/mol. The van der Waals surface area contributed by atoms with Crippen LogP contribution in [-0.2, 0) is 10.0 Å². The number of likely N-dealkylation sites (tertiary alicyclic amines) is 1. The highest BCUT2D eigenvalue weighted by atomic mass is 32.2. The molecular weight excluding hydrogens is 356 g/mol. The molecule has 7 nitrogen and oxygen atoms in total. The molecule has 1 aliphatic rings. The highest BCUT2D eigenvalue weighted by Crippen LogP contribution is 2.21. The number of hydrogen-bond acceptors (Lipinski definition) is 5. The van der Waals surface area contributed by atoms with Crippen molar-refractivity contribution < 1.29 is 22.4 Å². The van der Waals surface area contributed by atoms with E-state index >= 15 is 0 Å².